The van der Waals surface area contributed by atoms with Crippen LogP contribution in [0.2, 0.25) is 5.28 Å². The lowest BCUT2D eigenvalue weighted by molar-refractivity contribution is -0.156. The molecule has 1 amide bonds. The fourth-order valence-corrected chi connectivity index (χ4v) is 6.55. The summed E-state index contributed by atoms with van der Waals surface area (Å²) in [6.45, 7) is 4.91. The molecule has 3 atom stereocenters. The lowest BCUT2D eigenvalue weighted by atomic mass is 9.46. The lowest BCUT2D eigenvalue weighted by Crippen LogP contribution is -2.61. The number of nitrogens with one attached hydrogen (secondary N) is 1. The van der Waals surface area contributed by atoms with E-state index in [0.717, 1.165) is 44.3 Å². The second-order valence-electron chi connectivity index (χ2n) is 9.22. The maximum Gasteiger partial charge on any atom is 0.242 e. The minimum atomic E-state index is -0.315. The highest BCUT2D eigenvalue weighted by molar-refractivity contribution is 6.28. The number of halogens is 1. The molecule has 4 fully saturated rings. The predicted molar refractivity (Wildman–Crippen MR) is 105 cm³/mol. The molecule has 2 aromatic rings. The third-order valence-electron chi connectivity index (χ3n) is 7.24. The molecule has 1 N–H and O–H groups in total. The van der Waals surface area contributed by atoms with Gasteiger partial charge >= 0.3 is 0 Å². The highest BCUT2D eigenvalue weighted by atomic mass is 35.5. The van der Waals surface area contributed by atoms with Crippen LogP contribution in [-0.2, 0) is 16.9 Å². The Bertz CT molecular complexity index is 890. The van der Waals surface area contributed by atoms with Crippen molar-refractivity contribution >= 4 is 17.5 Å². The van der Waals surface area contributed by atoms with E-state index in [1.807, 2.05) is 28.6 Å². The smallest absolute Gasteiger partial charge is 0.242 e. The Morgan fingerprint density at radius 2 is 2.07 bits per heavy atom. The molecule has 0 aliphatic heterocycles. The van der Waals surface area contributed by atoms with Crippen LogP contribution < -0.4 is 5.32 Å². The maximum atomic E-state index is 13.5. The molecular formula is C20H27ClN6O. The summed E-state index contributed by atoms with van der Waals surface area (Å²) < 4.78 is 3.85. The molecular weight excluding hydrogens is 376 g/mol. The molecule has 0 saturated heterocycles. The van der Waals surface area contributed by atoms with Crippen molar-refractivity contribution < 1.29 is 4.79 Å². The molecule has 2 heterocycles. The molecule has 0 radical (unpaired) electrons. The van der Waals surface area contributed by atoms with Gasteiger partial charge in [-0.25, -0.2) is 9.67 Å². The first kappa shape index (κ1) is 18.2. The highest BCUT2D eigenvalue weighted by Gasteiger charge is 2.61. The van der Waals surface area contributed by atoms with Crippen molar-refractivity contribution in [1.29, 1.82) is 0 Å². The van der Waals surface area contributed by atoms with Crippen LogP contribution in [0.15, 0.2) is 18.6 Å². The van der Waals surface area contributed by atoms with Crippen molar-refractivity contribution in [3.8, 4) is 0 Å². The predicted octanol–water partition coefficient (Wildman–Crippen LogP) is 3.32. The Morgan fingerprint density at radius 1 is 1.32 bits per heavy atom. The zero-order valence-corrected chi connectivity index (χ0v) is 17.2. The van der Waals surface area contributed by atoms with Crippen molar-refractivity contribution in [1.82, 2.24) is 29.9 Å². The van der Waals surface area contributed by atoms with E-state index in [9.17, 15) is 4.79 Å². The molecule has 3 unspecified atom stereocenters. The number of carbonyl (C=O) groups excluding carboxylic acids is 1. The Kier molecular flexibility index (Phi) is 4.09. The van der Waals surface area contributed by atoms with Gasteiger partial charge in [-0.1, -0.05) is 0 Å². The van der Waals surface area contributed by atoms with Gasteiger partial charge in [0.15, 0.2) is 0 Å². The number of aryl methyl sites for hydroxylation is 1. The monoisotopic (exact) mass is 402 g/mol. The van der Waals surface area contributed by atoms with E-state index in [-0.39, 0.29) is 28.2 Å². The third-order valence-corrected chi connectivity index (χ3v) is 7.41. The van der Waals surface area contributed by atoms with Crippen LogP contribution in [0, 0.1) is 17.3 Å². The molecule has 4 aliphatic rings. The Labute approximate surface area is 169 Å². The normalized spacial score (nSPS) is 34.5. The molecule has 4 saturated carbocycles. The van der Waals surface area contributed by atoms with Crippen LogP contribution in [0.5, 0.6) is 0 Å². The first-order valence-electron chi connectivity index (χ1n) is 10.3. The average Bonchev–Trinajstić information content (AvgIpc) is 3.29. The first-order chi connectivity index (χ1) is 13.4. The van der Waals surface area contributed by atoms with E-state index in [2.05, 4.69) is 27.4 Å². The number of hydrogen-bond donors (Lipinski definition) is 1. The van der Waals surface area contributed by atoms with Crippen molar-refractivity contribution in [2.24, 2.45) is 17.3 Å². The van der Waals surface area contributed by atoms with Crippen molar-refractivity contribution in [3.05, 3.63) is 29.6 Å². The summed E-state index contributed by atoms with van der Waals surface area (Å²) in [5.41, 5.74) is 0.483. The number of carbonyl (C=O) groups is 1. The topological polar surface area (TPSA) is 77.6 Å². The molecule has 0 spiro atoms. The number of hydrogen-bond acceptors (Lipinski definition) is 4. The minimum absolute atomic E-state index is 0.0925. The van der Waals surface area contributed by atoms with Gasteiger partial charge in [-0.15, -0.1) is 5.10 Å². The fraction of sp³-hybridized carbons (Fsp3) is 0.700. The number of amides is 1. The second kappa shape index (κ2) is 6.31. The van der Waals surface area contributed by atoms with E-state index in [0.29, 0.717) is 11.8 Å². The summed E-state index contributed by atoms with van der Waals surface area (Å²) >= 11 is 6.02. The van der Waals surface area contributed by atoms with E-state index in [4.69, 9.17) is 11.6 Å². The van der Waals surface area contributed by atoms with Crippen molar-refractivity contribution in [2.75, 3.05) is 0 Å². The van der Waals surface area contributed by atoms with Gasteiger partial charge in [-0.3, -0.25) is 9.48 Å². The van der Waals surface area contributed by atoms with Gasteiger partial charge in [-0.05, 0) is 81.9 Å². The van der Waals surface area contributed by atoms with Gasteiger partial charge in [0.2, 0.25) is 11.2 Å². The molecule has 150 valence electrons. The first-order valence-corrected chi connectivity index (χ1v) is 10.7. The molecule has 0 aromatic carbocycles. The summed E-state index contributed by atoms with van der Waals surface area (Å²) in [4.78, 5) is 17.7. The lowest BCUT2D eigenvalue weighted by Gasteiger charge is -2.61. The maximum absolute atomic E-state index is 13.5. The van der Waals surface area contributed by atoms with Crippen LogP contribution in [0.1, 0.15) is 64.1 Å². The number of aromatic nitrogens is 5. The van der Waals surface area contributed by atoms with E-state index < -0.39 is 0 Å². The van der Waals surface area contributed by atoms with Crippen LogP contribution in [0.3, 0.4) is 0 Å². The van der Waals surface area contributed by atoms with Crippen LogP contribution >= 0.6 is 11.6 Å². The third kappa shape index (κ3) is 2.78. The van der Waals surface area contributed by atoms with Gasteiger partial charge < -0.3 is 5.32 Å². The van der Waals surface area contributed by atoms with Crippen molar-refractivity contribution in [3.63, 3.8) is 0 Å². The van der Waals surface area contributed by atoms with Gasteiger partial charge in [0.05, 0.1) is 22.7 Å². The van der Waals surface area contributed by atoms with Crippen LogP contribution in [0.25, 0.3) is 0 Å². The minimum Gasteiger partial charge on any atom is -0.347 e. The van der Waals surface area contributed by atoms with E-state index >= 15 is 0 Å². The second-order valence-corrected chi connectivity index (χ2v) is 9.55. The Morgan fingerprint density at radius 3 is 2.68 bits per heavy atom. The van der Waals surface area contributed by atoms with Crippen LogP contribution in [0.4, 0.5) is 0 Å². The Hall–Kier alpha value is -1.89. The Balaban J connectivity index is 1.40. The average molecular weight is 403 g/mol. The number of rotatable bonds is 5. The molecule has 4 bridgehead atoms. The molecule has 2 aromatic heterocycles. The van der Waals surface area contributed by atoms with E-state index in [1.54, 1.807) is 6.33 Å². The summed E-state index contributed by atoms with van der Waals surface area (Å²) in [5, 5.41) is 12.6. The number of nitrogens with zero attached hydrogens (tertiary/aromatic N) is 5. The zero-order chi connectivity index (χ0) is 19.5. The molecule has 28 heavy (non-hydrogen) atoms. The zero-order valence-electron chi connectivity index (χ0n) is 16.4. The summed E-state index contributed by atoms with van der Waals surface area (Å²) in [6, 6.07) is 1.90. The van der Waals surface area contributed by atoms with Gasteiger partial charge in [0.1, 0.15) is 6.33 Å². The summed E-state index contributed by atoms with van der Waals surface area (Å²) in [5.74, 6) is 1.32. The van der Waals surface area contributed by atoms with E-state index in [1.165, 1.54) is 6.42 Å². The molecule has 7 nitrogen and oxygen atoms in total. The standard InChI is InChI=1S/C20H27ClN6O/c1-3-26-5-4-16(24-26)13(2)23-17(28)19-7-14-6-15(8-19)10-20(9-14,11-19)27-12-22-18(21)25-27/h4-5,12-15H,3,6-11H2,1-2H3,(H,23,28). The van der Waals surface area contributed by atoms with Crippen molar-refractivity contribution in [2.45, 2.75) is 70.5 Å². The van der Waals surface area contributed by atoms with Gasteiger partial charge in [0.25, 0.3) is 0 Å². The SMILES string of the molecule is CCn1ccc(C(C)NC(=O)C23CC4CC(C2)CC(n2cnc(Cl)n2)(C4)C3)n1. The highest BCUT2D eigenvalue weighted by Crippen LogP contribution is 2.64. The fourth-order valence-electron chi connectivity index (χ4n) is 6.43. The van der Waals surface area contributed by atoms with Gasteiger partial charge in [-0.2, -0.15) is 5.10 Å². The quantitative estimate of drug-likeness (QED) is 0.832. The molecule has 4 aliphatic carbocycles. The summed E-state index contributed by atoms with van der Waals surface area (Å²) in [7, 11) is 0. The van der Waals surface area contributed by atoms with Gasteiger partial charge in [0, 0.05) is 12.7 Å². The molecule has 6 rings (SSSR count). The van der Waals surface area contributed by atoms with Crippen LogP contribution in [-0.4, -0.2) is 30.5 Å². The largest absolute Gasteiger partial charge is 0.347 e. The summed E-state index contributed by atoms with van der Waals surface area (Å²) in [6.07, 6.45) is 9.90. The molecule has 8 heteroatoms.